The van der Waals surface area contributed by atoms with Crippen molar-refractivity contribution in [1.82, 2.24) is 10.2 Å². The molecule has 3 N–H and O–H groups in total. The standard InChI is InChI=1S/C14H24N2O4/c17-10-4-6-11-5-3-9-16(11)13(20)15-14(12(18)19)7-1-2-8-14/h11,17H,1-10H2,(H,15,20)(H,18,19). The highest BCUT2D eigenvalue weighted by Crippen LogP contribution is 2.31. The van der Waals surface area contributed by atoms with Gasteiger partial charge in [-0.15, -0.1) is 0 Å². The van der Waals surface area contributed by atoms with Crippen molar-refractivity contribution in [3.63, 3.8) is 0 Å². The van der Waals surface area contributed by atoms with Crippen LogP contribution in [0.4, 0.5) is 4.79 Å². The van der Waals surface area contributed by atoms with Crippen molar-refractivity contribution in [2.24, 2.45) is 0 Å². The molecule has 6 nitrogen and oxygen atoms in total. The van der Waals surface area contributed by atoms with Gasteiger partial charge in [-0.3, -0.25) is 0 Å². The van der Waals surface area contributed by atoms with Crippen molar-refractivity contribution >= 4 is 12.0 Å². The summed E-state index contributed by atoms with van der Waals surface area (Å²) in [6.45, 7) is 0.808. The zero-order valence-corrected chi connectivity index (χ0v) is 11.8. The third-order valence-electron chi connectivity index (χ3n) is 4.55. The summed E-state index contributed by atoms with van der Waals surface area (Å²) in [6, 6.07) is -0.121. The molecule has 0 aromatic carbocycles. The van der Waals surface area contributed by atoms with Crippen LogP contribution in [0.3, 0.4) is 0 Å². The maximum Gasteiger partial charge on any atom is 0.329 e. The lowest BCUT2D eigenvalue weighted by Crippen LogP contribution is -2.57. The molecule has 1 saturated heterocycles. The highest BCUT2D eigenvalue weighted by Gasteiger charge is 2.44. The Morgan fingerprint density at radius 1 is 1.25 bits per heavy atom. The number of nitrogens with one attached hydrogen (secondary N) is 1. The summed E-state index contributed by atoms with van der Waals surface area (Å²) in [5.74, 6) is -0.922. The highest BCUT2D eigenvalue weighted by molar-refractivity contribution is 5.86. The van der Waals surface area contributed by atoms with Crippen molar-refractivity contribution in [3.05, 3.63) is 0 Å². The van der Waals surface area contributed by atoms with Gasteiger partial charge in [-0.25, -0.2) is 9.59 Å². The molecule has 1 atom stereocenters. The van der Waals surface area contributed by atoms with Crippen LogP contribution in [0.25, 0.3) is 0 Å². The van der Waals surface area contributed by atoms with Gasteiger partial charge in [0, 0.05) is 19.2 Å². The number of carbonyl (C=O) groups is 2. The molecule has 2 aliphatic rings. The molecule has 0 bridgehead atoms. The summed E-state index contributed by atoms with van der Waals surface area (Å²) in [5, 5.41) is 21.1. The number of carboxylic acid groups (broad SMARTS) is 1. The number of likely N-dealkylation sites (tertiary alicyclic amines) is 1. The average molecular weight is 284 g/mol. The predicted octanol–water partition coefficient (Wildman–Crippen LogP) is 1.33. The topological polar surface area (TPSA) is 89.9 Å². The first kappa shape index (κ1) is 15.1. The minimum atomic E-state index is -1.07. The lowest BCUT2D eigenvalue weighted by Gasteiger charge is -2.31. The number of aliphatic hydroxyl groups is 1. The van der Waals surface area contributed by atoms with Gasteiger partial charge >= 0.3 is 12.0 Å². The number of hydrogen-bond acceptors (Lipinski definition) is 3. The molecule has 2 rings (SSSR count). The van der Waals surface area contributed by atoms with Gasteiger partial charge in [-0.1, -0.05) is 12.8 Å². The van der Waals surface area contributed by atoms with Crippen LogP contribution >= 0.6 is 0 Å². The summed E-state index contributed by atoms with van der Waals surface area (Å²) in [7, 11) is 0. The SMILES string of the molecule is O=C(NC1(C(=O)O)CCCC1)N1CCCC1CCCO. The Morgan fingerprint density at radius 3 is 2.55 bits per heavy atom. The van der Waals surface area contributed by atoms with Crippen LogP contribution in [0.15, 0.2) is 0 Å². The molecule has 6 heteroatoms. The van der Waals surface area contributed by atoms with E-state index in [0.717, 1.165) is 32.1 Å². The van der Waals surface area contributed by atoms with E-state index in [9.17, 15) is 14.7 Å². The van der Waals surface area contributed by atoms with Crippen LogP contribution in [0.2, 0.25) is 0 Å². The average Bonchev–Trinajstić information content (AvgIpc) is 3.05. The first-order valence-corrected chi connectivity index (χ1v) is 7.52. The fourth-order valence-electron chi connectivity index (χ4n) is 3.38. The molecule has 1 saturated carbocycles. The molecular weight excluding hydrogens is 260 g/mol. The lowest BCUT2D eigenvalue weighted by molar-refractivity contribution is -0.144. The Hall–Kier alpha value is -1.30. The summed E-state index contributed by atoms with van der Waals surface area (Å²) < 4.78 is 0. The van der Waals surface area contributed by atoms with E-state index in [4.69, 9.17) is 5.11 Å². The van der Waals surface area contributed by atoms with Crippen LogP contribution < -0.4 is 5.32 Å². The summed E-state index contributed by atoms with van der Waals surface area (Å²) in [4.78, 5) is 25.6. The molecule has 20 heavy (non-hydrogen) atoms. The monoisotopic (exact) mass is 284 g/mol. The zero-order valence-electron chi connectivity index (χ0n) is 11.8. The number of hydrogen-bond donors (Lipinski definition) is 3. The quantitative estimate of drug-likeness (QED) is 0.710. The maximum absolute atomic E-state index is 12.4. The molecule has 0 spiro atoms. The molecule has 1 unspecified atom stereocenters. The second-order valence-electron chi connectivity index (χ2n) is 5.88. The minimum Gasteiger partial charge on any atom is -0.480 e. The maximum atomic E-state index is 12.4. The number of urea groups is 1. The Morgan fingerprint density at radius 2 is 1.95 bits per heavy atom. The summed E-state index contributed by atoms with van der Waals surface area (Å²) in [6.07, 6.45) is 6.08. The fourth-order valence-corrected chi connectivity index (χ4v) is 3.38. The van der Waals surface area contributed by atoms with E-state index in [1.807, 2.05) is 0 Å². The van der Waals surface area contributed by atoms with Crippen LogP contribution in [0, 0.1) is 0 Å². The van der Waals surface area contributed by atoms with E-state index >= 15 is 0 Å². The first-order chi connectivity index (χ1) is 9.59. The molecule has 1 aliphatic heterocycles. The van der Waals surface area contributed by atoms with Crippen molar-refractivity contribution in [2.45, 2.75) is 62.9 Å². The van der Waals surface area contributed by atoms with Crippen molar-refractivity contribution in [1.29, 1.82) is 0 Å². The molecule has 114 valence electrons. The van der Waals surface area contributed by atoms with Crippen LogP contribution in [0.1, 0.15) is 51.4 Å². The molecule has 0 radical (unpaired) electrons. The second kappa shape index (κ2) is 6.43. The highest BCUT2D eigenvalue weighted by atomic mass is 16.4. The van der Waals surface area contributed by atoms with Crippen LogP contribution in [-0.2, 0) is 4.79 Å². The van der Waals surface area contributed by atoms with E-state index in [2.05, 4.69) is 5.32 Å². The van der Waals surface area contributed by atoms with Gasteiger partial charge < -0.3 is 20.4 Å². The lowest BCUT2D eigenvalue weighted by atomic mass is 9.98. The van der Waals surface area contributed by atoms with Crippen LogP contribution in [0.5, 0.6) is 0 Å². The van der Waals surface area contributed by atoms with Gasteiger partial charge in [0.2, 0.25) is 0 Å². The smallest absolute Gasteiger partial charge is 0.329 e. The normalized spacial score (nSPS) is 24.9. The Labute approximate surface area is 119 Å². The largest absolute Gasteiger partial charge is 0.480 e. The molecule has 2 fully saturated rings. The van der Waals surface area contributed by atoms with E-state index in [1.165, 1.54) is 0 Å². The summed E-state index contributed by atoms with van der Waals surface area (Å²) in [5.41, 5.74) is -1.07. The Balaban J connectivity index is 1.97. The number of rotatable bonds is 5. The van der Waals surface area contributed by atoms with E-state index in [1.54, 1.807) is 4.90 Å². The minimum absolute atomic E-state index is 0.130. The number of amides is 2. The van der Waals surface area contributed by atoms with Crippen molar-refractivity contribution < 1.29 is 19.8 Å². The predicted molar refractivity (Wildman–Crippen MR) is 73.4 cm³/mol. The number of aliphatic hydroxyl groups excluding tert-OH is 1. The Kier molecular flexibility index (Phi) is 4.86. The molecular formula is C14H24N2O4. The molecule has 0 aromatic heterocycles. The Bertz CT molecular complexity index is 366. The number of carbonyl (C=O) groups excluding carboxylic acids is 1. The van der Waals surface area contributed by atoms with Crippen LogP contribution in [-0.4, -0.2) is 51.8 Å². The van der Waals surface area contributed by atoms with Gasteiger partial charge in [0.05, 0.1) is 0 Å². The number of carboxylic acids is 1. The molecule has 1 aliphatic carbocycles. The zero-order chi connectivity index (χ0) is 14.6. The summed E-state index contributed by atoms with van der Waals surface area (Å²) >= 11 is 0. The second-order valence-corrected chi connectivity index (χ2v) is 5.88. The van der Waals surface area contributed by atoms with Crippen molar-refractivity contribution in [2.75, 3.05) is 13.2 Å². The van der Waals surface area contributed by atoms with E-state index < -0.39 is 11.5 Å². The van der Waals surface area contributed by atoms with E-state index in [-0.39, 0.29) is 18.7 Å². The molecule has 0 aromatic rings. The molecule has 2 amide bonds. The molecule has 1 heterocycles. The third kappa shape index (κ3) is 3.06. The van der Waals surface area contributed by atoms with E-state index in [0.29, 0.717) is 25.8 Å². The third-order valence-corrected chi connectivity index (χ3v) is 4.55. The fraction of sp³-hybridized carbons (Fsp3) is 0.857. The first-order valence-electron chi connectivity index (χ1n) is 7.52. The van der Waals surface area contributed by atoms with Gasteiger partial charge in [0.15, 0.2) is 0 Å². The number of nitrogens with zero attached hydrogens (tertiary/aromatic N) is 1. The van der Waals surface area contributed by atoms with Gasteiger partial charge in [-0.05, 0) is 38.5 Å². The number of aliphatic carboxylic acids is 1. The van der Waals surface area contributed by atoms with Gasteiger partial charge in [-0.2, -0.15) is 0 Å². The van der Waals surface area contributed by atoms with Gasteiger partial charge in [0.1, 0.15) is 5.54 Å². The van der Waals surface area contributed by atoms with Gasteiger partial charge in [0.25, 0.3) is 0 Å². The van der Waals surface area contributed by atoms with Crippen molar-refractivity contribution in [3.8, 4) is 0 Å².